The van der Waals surface area contributed by atoms with Crippen molar-refractivity contribution in [1.82, 2.24) is 19.9 Å². The number of nitrogens with zero attached hydrogens (tertiary/aromatic N) is 4. The topological polar surface area (TPSA) is 48.1 Å². The third kappa shape index (κ3) is 2.54. The minimum atomic E-state index is -0.875. The summed E-state index contributed by atoms with van der Waals surface area (Å²) in [7, 11) is 0. The van der Waals surface area contributed by atoms with Crippen LogP contribution in [0.1, 0.15) is 12.8 Å². The second-order valence-electron chi connectivity index (χ2n) is 7.01. The Kier molecular flexibility index (Phi) is 3.63. The Bertz CT molecular complexity index is 962. The second-order valence-corrected chi connectivity index (χ2v) is 7.01. The molecule has 1 aromatic carbocycles. The molecule has 6 rings (SSSR count). The number of rotatable bonds is 2. The van der Waals surface area contributed by atoms with Crippen molar-refractivity contribution in [2.45, 2.75) is 18.9 Å². The van der Waals surface area contributed by atoms with Crippen LogP contribution in [0.3, 0.4) is 0 Å². The third-order valence-corrected chi connectivity index (χ3v) is 5.50. The van der Waals surface area contributed by atoms with Crippen LogP contribution in [0.2, 0.25) is 0 Å². The van der Waals surface area contributed by atoms with Gasteiger partial charge in [0.05, 0.1) is 5.52 Å². The molecule has 0 aliphatic carbocycles. The summed E-state index contributed by atoms with van der Waals surface area (Å²) < 4.78 is 26.8. The molecule has 3 aliphatic rings. The van der Waals surface area contributed by atoms with Crippen LogP contribution in [-0.4, -0.2) is 52.1 Å². The number of halogens is 2. The van der Waals surface area contributed by atoms with Crippen LogP contribution in [0.5, 0.6) is 0 Å². The Balaban J connectivity index is 1.59. The van der Waals surface area contributed by atoms with Gasteiger partial charge in [-0.05, 0) is 37.1 Å². The van der Waals surface area contributed by atoms with Crippen LogP contribution >= 0.6 is 0 Å². The first-order valence-electron chi connectivity index (χ1n) is 8.98. The maximum atomic E-state index is 13.6. The molecule has 5 nitrogen and oxygen atoms in total. The molecule has 0 radical (unpaired) electrons. The largest absolute Gasteiger partial charge is 0.350 e. The number of benzene rings is 1. The molecule has 2 aromatic heterocycles. The first kappa shape index (κ1) is 15.7. The highest BCUT2D eigenvalue weighted by Gasteiger charge is 2.31. The molecule has 0 atom stereocenters. The number of nitrogens with one attached hydrogen (secondary N) is 1. The van der Waals surface area contributed by atoms with Crippen molar-refractivity contribution in [2.75, 3.05) is 31.1 Å². The minimum Gasteiger partial charge on any atom is -0.350 e. The van der Waals surface area contributed by atoms with E-state index in [9.17, 15) is 8.78 Å². The van der Waals surface area contributed by atoms with Crippen LogP contribution in [0, 0.1) is 11.6 Å². The summed E-state index contributed by atoms with van der Waals surface area (Å²) in [6.45, 7) is 4.24. The summed E-state index contributed by atoms with van der Waals surface area (Å²) >= 11 is 0. The lowest BCUT2D eigenvalue weighted by Crippen LogP contribution is -2.38. The summed E-state index contributed by atoms with van der Waals surface area (Å²) in [6.07, 6.45) is 4.06. The highest BCUT2D eigenvalue weighted by atomic mass is 19.2. The number of pyridine rings is 1. The summed E-state index contributed by atoms with van der Waals surface area (Å²) in [5.41, 5.74) is 2.16. The summed E-state index contributed by atoms with van der Waals surface area (Å²) in [5.74, 6) is -0.334. The molecule has 0 spiro atoms. The third-order valence-electron chi connectivity index (χ3n) is 5.50. The average molecular weight is 355 g/mol. The van der Waals surface area contributed by atoms with E-state index in [1.165, 1.54) is 12.1 Å². The van der Waals surface area contributed by atoms with Gasteiger partial charge >= 0.3 is 0 Å². The average Bonchev–Trinajstić information content (AvgIpc) is 2.88. The Morgan fingerprint density at radius 1 is 1.00 bits per heavy atom. The van der Waals surface area contributed by atoms with Crippen molar-refractivity contribution in [3.05, 3.63) is 42.1 Å². The van der Waals surface area contributed by atoms with Gasteiger partial charge in [-0.15, -0.1) is 0 Å². The van der Waals surface area contributed by atoms with Gasteiger partial charge in [0.25, 0.3) is 0 Å². The quantitative estimate of drug-likeness (QED) is 0.767. The predicted molar refractivity (Wildman–Crippen MR) is 96.0 cm³/mol. The summed E-state index contributed by atoms with van der Waals surface area (Å²) in [6, 6.07) is 6.17. The van der Waals surface area contributed by atoms with Crippen molar-refractivity contribution >= 4 is 16.9 Å². The molecule has 26 heavy (non-hydrogen) atoms. The first-order valence-corrected chi connectivity index (χ1v) is 8.98. The van der Waals surface area contributed by atoms with Crippen LogP contribution in [0.4, 0.5) is 14.6 Å². The van der Waals surface area contributed by atoms with E-state index in [1.54, 1.807) is 6.20 Å². The van der Waals surface area contributed by atoms with Gasteiger partial charge in [0.2, 0.25) is 0 Å². The Labute approximate surface area is 149 Å². The number of hydrogen-bond acceptors (Lipinski definition) is 4. The molecule has 1 N–H and O–H groups in total. The molecule has 0 saturated carbocycles. The molecule has 3 saturated heterocycles. The number of H-pyrrole nitrogens is 1. The first-order chi connectivity index (χ1) is 12.7. The zero-order valence-electron chi connectivity index (χ0n) is 14.3. The highest BCUT2D eigenvalue weighted by molar-refractivity contribution is 5.88. The highest BCUT2D eigenvalue weighted by Crippen LogP contribution is 2.31. The molecule has 2 bridgehead atoms. The van der Waals surface area contributed by atoms with Gasteiger partial charge < -0.3 is 14.8 Å². The van der Waals surface area contributed by atoms with E-state index in [2.05, 4.69) is 24.8 Å². The van der Waals surface area contributed by atoms with Gasteiger partial charge in [-0.1, -0.05) is 0 Å². The fourth-order valence-corrected chi connectivity index (χ4v) is 4.08. The Morgan fingerprint density at radius 2 is 1.85 bits per heavy atom. The van der Waals surface area contributed by atoms with Crippen molar-refractivity contribution in [1.29, 1.82) is 0 Å². The molecule has 0 unspecified atom stereocenters. The summed E-state index contributed by atoms with van der Waals surface area (Å²) in [5, 5.41) is 0. The molecule has 3 fully saturated rings. The van der Waals surface area contributed by atoms with E-state index in [-0.39, 0.29) is 0 Å². The van der Waals surface area contributed by atoms with Gasteiger partial charge in [0, 0.05) is 44.0 Å². The van der Waals surface area contributed by atoms with Gasteiger partial charge in [-0.25, -0.2) is 18.7 Å². The molecule has 0 amide bonds. The maximum Gasteiger partial charge on any atom is 0.159 e. The molecular formula is C19H19F2N5. The van der Waals surface area contributed by atoms with Crippen LogP contribution in [-0.2, 0) is 0 Å². The number of aromatic amines is 1. The van der Waals surface area contributed by atoms with E-state index in [4.69, 9.17) is 0 Å². The number of fused-ring (bicyclic) bond motifs is 5. The smallest absolute Gasteiger partial charge is 0.159 e. The zero-order valence-corrected chi connectivity index (χ0v) is 14.3. The second kappa shape index (κ2) is 6.02. The fourth-order valence-electron chi connectivity index (χ4n) is 4.08. The van der Waals surface area contributed by atoms with Crippen molar-refractivity contribution in [3.8, 4) is 11.4 Å². The number of hydrogen-bond donors (Lipinski definition) is 1. The number of piperidine rings is 1. The van der Waals surface area contributed by atoms with E-state index < -0.39 is 11.6 Å². The number of anilines is 1. The lowest BCUT2D eigenvalue weighted by molar-refractivity contribution is 0.250. The Morgan fingerprint density at radius 3 is 2.65 bits per heavy atom. The van der Waals surface area contributed by atoms with Crippen LogP contribution in [0.25, 0.3) is 22.4 Å². The van der Waals surface area contributed by atoms with E-state index in [0.29, 0.717) is 17.4 Å². The van der Waals surface area contributed by atoms with Crippen LogP contribution < -0.4 is 4.90 Å². The van der Waals surface area contributed by atoms with E-state index in [1.807, 2.05) is 6.07 Å². The zero-order chi connectivity index (χ0) is 17.7. The van der Waals surface area contributed by atoms with Crippen molar-refractivity contribution in [2.24, 2.45) is 0 Å². The van der Waals surface area contributed by atoms with Crippen LogP contribution in [0.15, 0.2) is 30.5 Å². The fraction of sp³-hybridized carbons (Fsp3) is 0.368. The van der Waals surface area contributed by atoms with Gasteiger partial charge in [-0.3, -0.25) is 0 Å². The standard InChI is InChI=1S/C19H19F2N5/c20-14-2-1-12(11-15(14)21)18-23-16-3-6-22-19(17(16)24-18)26-10-9-25-7-4-13(26)5-8-25/h1-3,6,11,13H,4-5,7-10H2,(H,23,24). The number of aromatic nitrogens is 3. The minimum absolute atomic E-state index is 0.482. The maximum absolute atomic E-state index is 13.6. The normalized spacial score (nSPS) is 22.8. The lowest BCUT2D eigenvalue weighted by Gasteiger charge is -2.32. The van der Waals surface area contributed by atoms with E-state index in [0.717, 1.165) is 61.9 Å². The predicted octanol–water partition coefficient (Wildman–Crippen LogP) is 3.19. The van der Waals surface area contributed by atoms with Gasteiger partial charge in [0.1, 0.15) is 11.3 Å². The molecule has 7 heteroatoms. The molecule has 5 heterocycles. The van der Waals surface area contributed by atoms with Gasteiger partial charge in [0.15, 0.2) is 17.5 Å². The molecule has 3 aliphatic heterocycles. The molecule has 134 valence electrons. The molecule has 3 aromatic rings. The molecular weight excluding hydrogens is 336 g/mol. The van der Waals surface area contributed by atoms with Gasteiger partial charge in [-0.2, -0.15) is 0 Å². The Hall–Kier alpha value is -2.54. The van der Waals surface area contributed by atoms with Crippen molar-refractivity contribution in [3.63, 3.8) is 0 Å². The SMILES string of the molecule is Fc1ccc(-c2nc3c(N4CCN5CCC4CC5)nccc3[nH]2)cc1F. The lowest BCUT2D eigenvalue weighted by atomic mass is 10.1. The van der Waals surface area contributed by atoms with E-state index >= 15 is 0 Å². The number of imidazole rings is 1. The van der Waals surface area contributed by atoms with Crippen molar-refractivity contribution < 1.29 is 8.78 Å². The summed E-state index contributed by atoms with van der Waals surface area (Å²) in [4.78, 5) is 17.4. The monoisotopic (exact) mass is 355 g/mol.